The van der Waals surface area contributed by atoms with Crippen molar-refractivity contribution in [1.82, 2.24) is 5.43 Å². The second-order valence-corrected chi connectivity index (χ2v) is 2.37. The fraction of sp³-hybridized carbons (Fsp3) is 0.125. The summed E-state index contributed by atoms with van der Waals surface area (Å²) < 4.78 is 0. The van der Waals surface area contributed by atoms with Gasteiger partial charge in [0.2, 0.25) is 0 Å². The number of nitrogens with zero attached hydrogens (tertiary/aromatic N) is 2. The van der Waals surface area contributed by atoms with E-state index in [9.17, 15) is 0 Å². The molecule has 0 unspecified atom stereocenters. The van der Waals surface area contributed by atoms with E-state index in [0.29, 0.717) is 6.54 Å². The van der Waals surface area contributed by atoms with E-state index in [0.717, 1.165) is 5.56 Å². The van der Waals surface area contributed by atoms with Crippen molar-refractivity contribution in [2.45, 2.75) is 6.54 Å². The third-order valence-electron chi connectivity index (χ3n) is 1.28. The average molecular weight is 179 g/mol. The summed E-state index contributed by atoms with van der Waals surface area (Å²) in [5.41, 5.74) is 4.91. The van der Waals surface area contributed by atoms with Crippen LogP contribution in [0.2, 0.25) is 0 Å². The van der Waals surface area contributed by atoms with E-state index in [4.69, 9.17) is 0 Å². The number of rotatable bonds is 4. The minimum absolute atomic E-state index is 0.580. The highest BCUT2D eigenvalue weighted by atomic mass is 32.1. The molecule has 0 bridgehead atoms. The van der Waals surface area contributed by atoms with Crippen LogP contribution in [0.25, 0.3) is 0 Å². The molecule has 0 spiro atoms. The van der Waals surface area contributed by atoms with Crippen LogP contribution in [0.1, 0.15) is 5.56 Å². The highest BCUT2D eigenvalue weighted by molar-refractivity contribution is 7.78. The van der Waals surface area contributed by atoms with Crippen molar-refractivity contribution in [3.8, 4) is 0 Å². The normalized spacial score (nSPS) is 10.0. The van der Waals surface area contributed by atoms with Crippen LogP contribution in [0.4, 0.5) is 0 Å². The Morgan fingerprint density at radius 2 is 2.08 bits per heavy atom. The second-order valence-electron chi connectivity index (χ2n) is 2.13. The van der Waals surface area contributed by atoms with Gasteiger partial charge < -0.3 is 0 Å². The molecule has 0 atom stereocenters. The van der Waals surface area contributed by atoms with Crippen molar-refractivity contribution in [3.63, 3.8) is 0 Å². The fourth-order valence-electron chi connectivity index (χ4n) is 0.765. The Morgan fingerprint density at radius 1 is 1.33 bits per heavy atom. The molecule has 0 amide bonds. The highest BCUT2D eigenvalue weighted by Gasteiger charge is 1.85. The van der Waals surface area contributed by atoms with Crippen molar-refractivity contribution in [1.29, 1.82) is 0 Å². The smallest absolute Gasteiger partial charge is 0.0870 e. The molecule has 1 aromatic carbocycles. The first-order chi connectivity index (χ1) is 5.93. The Balaban J connectivity index is 2.38. The van der Waals surface area contributed by atoms with Crippen LogP contribution in [0.15, 0.2) is 40.7 Å². The molecule has 0 saturated carbocycles. The Labute approximate surface area is 76.5 Å². The molecule has 3 nitrogen and oxygen atoms in total. The summed E-state index contributed by atoms with van der Waals surface area (Å²) in [6.07, 6.45) is 0. The zero-order valence-electron chi connectivity index (χ0n) is 6.47. The Morgan fingerprint density at radius 3 is 2.75 bits per heavy atom. The van der Waals surface area contributed by atoms with Gasteiger partial charge in [-0.15, -0.1) is 0 Å². The van der Waals surface area contributed by atoms with Crippen LogP contribution in [-0.4, -0.2) is 5.49 Å². The lowest BCUT2D eigenvalue weighted by Gasteiger charge is -1.92. The van der Waals surface area contributed by atoms with Crippen LogP contribution in [0.5, 0.6) is 0 Å². The summed E-state index contributed by atoms with van der Waals surface area (Å²) in [7, 11) is 0. The van der Waals surface area contributed by atoms with Gasteiger partial charge in [0.05, 0.1) is 12.0 Å². The van der Waals surface area contributed by atoms with Gasteiger partial charge in [-0.25, -0.2) is 0 Å². The predicted octanol–water partition coefficient (Wildman–Crippen LogP) is 2.10. The van der Waals surface area contributed by atoms with Crippen molar-refractivity contribution in [2.75, 3.05) is 0 Å². The largest absolute Gasteiger partial charge is 0.257 e. The monoisotopic (exact) mass is 179 g/mol. The number of benzene rings is 1. The summed E-state index contributed by atoms with van der Waals surface area (Å²) in [6, 6.07) is 9.90. The van der Waals surface area contributed by atoms with E-state index in [1.165, 1.54) is 5.49 Å². The standard InChI is InChI=1S/C8H9N3S/c12-7-10-11-9-6-8-4-2-1-3-5-8/h1-5,7H,6H2,(H,9,10,12). The number of thiocarbonyl (C=S) groups is 1. The van der Waals surface area contributed by atoms with Gasteiger partial charge >= 0.3 is 0 Å². The van der Waals surface area contributed by atoms with Gasteiger partial charge in [0.15, 0.2) is 0 Å². The molecule has 4 heteroatoms. The summed E-state index contributed by atoms with van der Waals surface area (Å²) in [4.78, 5) is 0. The zero-order valence-corrected chi connectivity index (χ0v) is 7.29. The average Bonchev–Trinajstić information content (AvgIpc) is 2.14. The van der Waals surface area contributed by atoms with Crippen molar-refractivity contribution < 1.29 is 0 Å². The predicted molar refractivity (Wildman–Crippen MR) is 51.8 cm³/mol. The SMILES string of the molecule is S=CNN=NCc1ccccc1. The molecule has 0 aliphatic rings. The van der Waals surface area contributed by atoms with Crippen LogP contribution >= 0.6 is 12.2 Å². The van der Waals surface area contributed by atoms with Gasteiger partial charge in [0.1, 0.15) is 0 Å². The van der Waals surface area contributed by atoms with E-state index in [2.05, 4.69) is 28.0 Å². The fourth-order valence-corrected chi connectivity index (χ4v) is 0.812. The number of nitrogens with one attached hydrogen (secondary N) is 1. The first-order valence-corrected chi connectivity index (χ1v) is 4.00. The molecule has 0 saturated heterocycles. The lowest BCUT2D eigenvalue weighted by Crippen LogP contribution is -1.96. The van der Waals surface area contributed by atoms with E-state index in [1.54, 1.807) is 0 Å². The molecular formula is C8H9N3S. The molecule has 12 heavy (non-hydrogen) atoms. The minimum atomic E-state index is 0.580. The number of hydrogen-bond acceptors (Lipinski definition) is 3. The first kappa shape index (κ1) is 8.80. The highest BCUT2D eigenvalue weighted by Crippen LogP contribution is 1.99. The van der Waals surface area contributed by atoms with Crippen LogP contribution in [-0.2, 0) is 6.54 Å². The summed E-state index contributed by atoms with van der Waals surface area (Å²) in [6.45, 7) is 0.580. The Kier molecular flexibility index (Phi) is 3.94. The minimum Gasteiger partial charge on any atom is -0.257 e. The van der Waals surface area contributed by atoms with E-state index in [1.807, 2.05) is 30.3 Å². The molecule has 0 heterocycles. The van der Waals surface area contributed by atoms with Gasteiger partial charge in [-0.3, -0.25) is 5.43 Å². The quantitative estimate of drug-likeness (QED) is 0.436. The molecule has 1 rings (SSSR count). The third kappa shape index (κ3) is 3.21. The van der Waals surface area contributed by atoms with Crippen molar-refractivity contribution >= 4 is 17.7 Å². The first-order valence-electron chi connectivity index (χ1n) is 3.53. The molecule has 0 aromatic heterocycles. The van der Waals surface area contributed by atoms with Crippen LogP contribution in [0, 0.1) is 0 Å². The summed E-state index contributed by atoms with van der Waals surface area (Å²) >= 11 is 4.49. The number of hydrogen-bond donors (Lipinski definition) is 1. The van der Waals surface area contributed by atoms with Gasteiger partial charge in [-0.05, 0) is 5.56 Å². The van der Waals surface area contributed by atoms with Gasteiger partial charge in [-0.1, -0.05) is 47.8 Å². The maximum atomic E-state index is 4.49. The molecule has 0 aliphatic heterocycles. The molecule has 0 radical (unpaired) electrons. The van der Waals surface area contributed by atoms with E-state index in [-0.39, 0.29) is 0 Å². The summed E-state index contributed by atoms with van der Waals surface area (Å²) in [5, 5.41) is 7.45. The van der Waals surface area contributed by atoms with E-state index >= 15 is 0 Å². The van der Waals surface area contributed by atoms with Gasteiger partial charge in [0, 0.05) is 0 Å². The lowest BCUT2D eigenvalue weighted by atomic mass is 10.2. The molecule has 1 N–H and O–H groups in total. The van der Waals surface area contributed by atoms with E-state index < -0.39 is 0 Å². The van der Waals surface area contributed by atoms with Crippen molar-refractivity contribution in [2.24, 2.45) is 10.3 Å². The molecule has 1 aromatic rings. The Bertz CT molecular complexity index is 258. The Hall–Kier alpha value is -1.29. The maximum absolute atomic E-state index is 4.49. The molecule has 62 valence electrons. The topological polar surface area (TPSA) is 36.8 Å². The zero-order chi connectivity index (χ0) is 8.65. The summed E-state index contributed by atoms with van der Waals surface area (Å²) in [5.74, 6) is 0. The van der Waals surface area contributed by atoms with Crippen LogP contribution < -0.4 is 5.43 Å². The third-order valence-corrected chi connectivity index (χ3v) is 1.38. The second kappa shape index (κ2) is 5.37. The molecule has 0 fully saturated rings. The molecule has 0 aliphatic carbocycles. The molecular weight excluding hydrogens is 170 g/mol. The van der Waals surface area contributed by atoms with Crippen molar-refractivity contribution in [3.05, 3.63) is 35.9 Å². The van der Waals surface area contributed by atoms with Gasteiger partial charge in [-0.2, -0.15) is 5.11 Å². The maximum Gasteiger partial charge on any atom is 0.0870 e. The lowest BCUT2D eigenvalue weighted by molar-refractivity contribution is 0.836. The van der Waals surface area contributed by atoms with Crippen LogP contribution in [0.3, 0.4) is 0 Å². The van der Waals surface area contributed by atoms with Gasteiger partial charge in [0.25, 0.3) is 0 Å².